The van der Waals surface area contributed by atoms with Crippen molar-refractivity contribution in [1.82, 2.24) is 9.80 Å². The van der Waals surface area contributed by atoms with E-state index in [1.165, 1.54) is 43.2 Å². The fraction of sp³-hybridized carbons (Fsp3) is 0.650. The van der Waals surface area contributed by atoms with Gasteiger partial charge < -0.3 is 9.64 Å². The highest BCUT2D eigenvalue weighted by atomic mass is 16.5. The molecule has 1 aromatic carbocycles. The average molecular weight is 328 g/mol. The molecule has 2 aliphatic heterocycles. The Bertz CT molecular complexity index is 583. The van der Waals surface area contributed by atoms with E-state index in [-0.39, 0.29) is 12.0 Å². The molecule has 3 aliphatic rings. The fourth-order valence-corrected chi connectivity index (χ4v) is 4.48. The third-order valence-electron chi connectivity index (χ3n) is 5.91. The van der Waals surface area contributed by atoms with E-state index in [0.717, 1.165) is 32.6 Å². The zero-order valence-electron chi connectivity index (χ0n) is 14.5. The van der Waals surface area contributed by atoms with E-state index in [2.05, 4.69) is 29.2 Å². The Hall–Kier alpha value is -1.39. The van der Waals surface area contributed by atoms with Crippen LogP contribution in [-0.4, -0.2) is 54.1 Å². The second kappa shape index (κ2) is 7.24. The van der Waals surface area contributed by atoms with Crippen molar-refractivity contribution >= 4 is 5.91 Å². The highest BCUT2D eigenvalue weighted by Gasteiger charge is 2.34. The number of ether oxygens (including phenoxy) is 1. The number of carbonyl (C=O) groups excluding carboxylic acids is 1. The normalized spacial score (nSPS) is 26.2. The lowest BCUT2D eigenvalue weighted by Crippen LogP contribution is -2.54. The largest absolute Gasteiger partial charge is 0.366 e. The van der Waals surface area contributed by atoms with Gasteiger partial charge >= 0.3 is 0 Å². The van der Waals surface area contributed by atoms with Crippen molar-refractivity contribution in [3.05, 3.63) is 35.4 Å². The van der Waals surface area contributed by atoms with Gasteiger partial charge in [0.1, 0.15) is 6.10 Å². The van der Waals surface area contributed by atoms with Gasteiger partial charge in [0.25, 0.3) is 5.91 Å². The minimum atomic E-state index is -0.272. The Morgan fingerprint density at radius 3 is 2.67 bits per heavy atom. The van der Waals surface area contributed by atoms with Crippen LogP contribution in [0.15, 0.2) is 24.3 Å². The zero-order chi connectivity index (χ0) is 16.4. The number of fused-ring (bicyclic) bond motifs is 1. The quantitative estimate of drug-likeness (QED) is 0.837. The van der Waals surface area contributed by atoms with Crippen LogP contribution in [-0.2, 0) is 22.5 Å². The fourth-order valence-electron chi connectivity index (χ4n) is 4.48. The monoisotopic (exact) mass is 328 g/mol. The zero-order valence-corrected chi connectivity index (χ0v) is 14.5. The molecule has 1 unspecified atom stereocenters. The molecular weight excluding hydrogens is 300 g/mol. The maximum atomic E-state index is 13.0. The number of rotatable bonds is 2. The molecule has 4 rings (SSSR count). The second-order valence-corrected chi connectivity index (χ2v) is 7.42. The summed E-state index contributed by atoms with van der Waals surface area (Å²) < 4.78 is 5.87. The summed E-state index contributed by atoms with van der Waals surface area (Å²) in [7, 11) is 0. The molecule has 0 spiro atoms. The minimum absolute atomic E-state index is 0.185. The molecular formula is C20H28N2O2. The third kappa shape index (κ3) is 3.35. The molecule has 2 fully saturated rings. The van der Waals surface area contributed by atoms with E-state index in [4.69, 9.17) is 4.74 Å². The van der Waals surface area contributed by atoms with Crippen LogP contribution in [0, 0.1) is 0 Å². The van der Waals surface area contributed by atoms with Crippen LogP contribution in [0.1, 0.15) is 43.2 Å². The lowest BCUT2D eigenvalue weighted by atomic mass is 9.93. The van der Waals surface area contributed by atoms with Gasteiger partial charge in [-0.3, -0.25) is 9.69 Å². The average Bonchev–Trinajstić information content (AvgIpc) is 2.68. The van der Waals surface area contributed by atoms with Gasteiger partial charge in [0.2, 0.25) is 0 Å². The van der Waals surface area contributed by atoms with Gasteiger partial charge in [0.05, 0.1) is 6.61 Å². The van der Waals surface area contributed by atoms with Crippen molar-refractivity contribution in [3.63, 3.8) is 0 Å². The van der Waals surface area contributed by atoms with Gasteiger partial charge in [-0.25, -0.2) is 0 Å². The summed E-state index contributed by atoms with van der Waals surface area (Å²) >= 11 is 0. The topological polar surface area (TPSA) is 32.8 Å². The lowest BCUT2D eigenvalue weighted by molar-refractivity contribution is -0.152. The number of carbonyl (C=O) groups is 1. The molecule has 1 aliphatic carbocycles. The summed E-state index contributed by atoms with van der Waals surface area (Å²) in [5, 5.41) is 0. The molecule has 2 heterocycles. The molecule has 1 amide bonds. The third-order valence-corrected chi connectivity index (χ3v) is 5.91. The highest BCUT2D eigenvalue weighted by Crippen LogP contribution is 2.25. The van der Waals surface area contributed by atoms with Gasteiger partial charge in [-0.2, -0.15) is 0 Å². The van der Waals surface area contributed by atoms with Crippen LogP contribution in [0.5, 0.6) is 0 Å². The Kier molecular flexibility index (Phi) is 4.86. The molecule has 1 saturated heterocycles. The van der Waals surface area contributed by atoms with Crippen molar-refractivity contribution < 1.29 is 9.53 Å². The lowest BCUT2D eigenvalue weighted by Gasteiger charge is -2.41. The Morgan fingerprint density at radius 1 is 1.04 bits per heavy atom. The maximum Gasteiger partial charge on any atom is 0.253 e. The van der Waals surface area contributed by atoms with Gasteiger partial charge in [0.15, 0.2) is 0 Å². The summed E-state index contributed by atoms with van der Waals surface area (Å²) in [4.78, 5) is 17.5. The van der Waals surface area contributed by atoms with Crippen molar-refractivity contribution in [2.45, 2.75) is 57.2 Å². The minimum Gasteiger partial charge on any atom is -0.366 e. The van der Waals surface area contributed by atoms with Gasteiger partial charge in [-0.05, 0) is 30.4 Å². The Morgan fingerprint density at radius 2 is 1.83 bits per heavy atom. The predicted octanol–water partition coefficient (Wildman–Crippen LogP) is 2.60. The summed E-state index contributed by atoms with van der Waals surface area (Å²) in [6.07, 6.45) is 7.31. The molecule has 1 aromatic rings. The van der Waals surface area contributed by atoms with E-state index in [1.54, 1.807) is 0 Å². The molecule has 1 atom stereocenters. The van der Waals surface area contributed by atoms with Crippen LogP contribution in [0.25, 0.3) is 0 Å². The van der Waals surface area contributed by atoms with E-state index >= 15 is 0 Å². The Labute approximate surface area is 144 Å². The van der Waals surface area contributed by atoms with Crippen LogP contribution < -0.4 is 0 Å². The standard InChI is InChI=1S/C20H28N2O2/c23-20(22-11-10-16-6-4-5-7-17(16)14-22)19-15-21(12-13-24-19)18-8-2-1-3-9-18/h4-7,18-19H,1-3,8-15H2. The number of morpholine rings is 1. The first kappa shape index (κ1) is 16.1. The molecule has 1 saturated carbocycles. The Balaban J connectivity index is 1.39. The number of benzene rings is 1. The first-order valence-corrected chi connectivity index (χ1v) is 9.52. The predicted molar refractivity (Wildman–Crippen MR) is 93.7 cm³/mol. The van der Waals surface area contributed by atoms with Crippen molar-refractivity contribution in [1.29, 1.82) is 0 Å². The summed E-state index contributed by atoms with van der Waals surface area (Å²) in [5.74, 6) is 0.185. The summed E-state index contributed by atoms with van der Waals surface area (Å²) in [6.45, 7) is 4.01. The number of hydrogen-bond donors (Lipinski definition) is 0. The molecule has 24 heavy (non-hydrogen) atoms. The molecule has 4 nitrogen and oxygen atoms in total. The smallest absolute Gasteiger partial charge is 0.253 e. The van der Waals surface area contributed by atoms with Gasteiger partial charge in [-0.1, -0.05) is 43.5 Å². The van der Waals surface area contributed by atoms with Crippen molar-refractivity contribution in [3.8, 4) is 0 Å². The van der Waals surface area contributed by atoms with E-state index in [9.17, 15) is 4.79 Å². The maximum absolute atomic E-state index is 13.0. The SMILES string of the molecule is O=C(C1CN(C2CCCCC2)CCO1)N1CCc2ccccc2C1. The molecule has 4 heteroatoms. The molecule has 0 radical (unpaired) electrons. The van der Waals surface area contributed by atoms with Gasteiger partial charge in [0, 0.05) is 32.2 Å². The molecule has 0 bridgehead atoms. The molecule has 0 N–H and O–H groups in total. The van der Waals surface area contributed by atoms with Crippen LogP contribution >= 0.6 is 0 Å². The van der Waals surface area contributed by atoms with Crippen LogP contribution in [0.2, 0.25) is 0 Å². The first-order chi connectivity index (χ1) is 11.8. The number of amides is 1. The number of hydrogen-bond acceptors (Lipinski definition) is 3. The second-order valence-electron chi connectivity index (χ2n) is 7.42. The van der Waals surface area contributed by atoms with Crippen molar-refractivity contribution in [2.24, 2.45) is 0 Å². The van der Waals surface area contributed by atoms with E-state index in [0.29, 0.717) is 12.6 Å². The van der Waals surface area contributed by atoms with Gasteiger partial charge in [-0.15, -0.1) is 0 Å². The summed E-state index contributed by atoms with van der Waals surface area (Å²) in [6, 6.07) is 9.14. The van der Waals surface area contributed by atoms with Crippen LogP contribution in [0.3, 0.4) is 0 Å². The molecule has 130 valence electrons. The highest BCUT2D eigenvalue weighted by molar-refractivity contribution is 5.81. The first-order valence-electron chi connectivity index (χ1n) is 9.52. The van der Waals surface area contributed by atoms with Crippen LogP contribution in [0.4, 0.5) is 0 Å². The summed E-state index contributed by atoms with van der Waals surface area (Å²) in [5.41, 5.74) is 2.67. The van der Waals surface area contributed by atoms with Crippen molar-refractivity contribution in [2.75, 3.05) is 26.2 Å². The van der Waals surface area contributed by atoms with E-state index in [1.807, 2.05) is 4.90 Å². The molecule has 0 aromatic heterocycles. The number of nitrogens with zero attached hydrogens (tertiary/aromatic N) is 2. The van der Waals surface area contributed by atoms with E-state index < -0.39 is 0 Å².